The zero-order valence-corrected chi connectivity index (χ0v) is 11.3. The van der Waals surface area contributed by atoms with Crippen molar-refractivity contribution in [2.24, 2.45) is 5.84 Å². The Hall–Kier alpha value is -1.66. The van der Waals surface area contributed by atoms with Crippen molar-refractivity contribution in [2.75, 3.05) is 26.1 Å². The molecule has 0 saturated carbocycles. The van der Waals surface area contributed by atoms with E-state index in [1.807, 2.05) is 14.1 Å². The van der Waals surface area contributed by atoms with E-state index in [0.717, 1.165) is 0 Å². The van der Waals surface area contributed by atoms with Gasteiger partial charge < -0.3 is 15.6 Å². The number of hydrogen-bond acceptors (Lipinski definition) is 5. The van der Waals surface area contributed by atoms with Gasteiger partial charge >= 0.3 is 0 Å². The molecule has 6 nitrogen and oxygen atoms in total. The number of aromatic nitrogens is 1. The number of anilines is 1. The van der Waals surface area contributed by atoms with Crippen molar-refractivity contribution in [3.05, 3.63) is 24.0 Å². The molecule has 0 spiro atoms. The van der Waals surface area contributed by atoms with Crippen molar-refractivity contribution >= 4 is 11.6 Å². The summed E-state index contributed by atoms with van der Waals surface area (Å²) in [5, 5.41) is 2.88. The monoisotopic (exact) mass is 251 g/mol. The summed E-state index contributed by atoms with van der Waals surface area (Å²) in [7, 11) is 3.95. The first kappa shape index (κ1) is 14.4. The molecule has 0 aliphatic carbocycles. The number of pyridine rings is 1. The maximum absolute atomic E-state index is 12.0. The van der Waals surface area contributed by atoms with E-state index in [1.54, 1.807) is 12.3 Å². The SMILES string of the molecule is CN(C)C(C)(C)CNC(=O)c1cnccc1NN. The van der Waals surface area contributed by atoms with E-state index >= 15 is 0 Å². The summed E-state index contributed by atoms with van der Waals surface area (Å²) in [6, 6.07) is 1.66. The first-order valence-electron chi connectivity index (χ1n) is 5.75. The molecule has 1 rings (SSSR count). The lowest BCUT2D eigenvalue weighted by atomic mass is 10.0. The molecule has 1 aromatic heterocycles. The van der Waals surface area contributed by atoms with Gasteiger partial charge in [-0.1, -0.05) is 0 Å². The molecule has 100 valence electrons. The molecule has 0 fully saturated rings. The van der Waals surface area contributed by atoms with Crippen LogP contribution in [0.25, 0.3) is 0 Å². The Bertz CT molecular complexity index is 417. The molecule has 0 aliphatic heterocycles. The highest BCUT2D eigenvalue weighted by molar-refractivity contribution is 5.99. The van der Waals surface area contributed by atoms with Crippen molar-refractivity contribution in [3.63, 3.8) is 0 Å². The number of hydrazine groups is 1. The Morgan fingerprint density at radius 2 is 2.17 bits per heavy atom. The molecule has 1 amide bonds. The minimum atomic E-state index is -0.189. The largest absolute Gasteiger partial charge is 0.350 e. The molecule has 0 aliphatic rings. The van der Waals surface area contributed by atoms with Gasteiger partial charge in [-0.25, -0.2) is 0 Å². The second-order valence-corrected chi connectivity index (χ2v) is 4.96. The number of nitrogens with one attached hydrogen (secondary N) is 2. The zero-order valence-electron chi connectivity index (χ0n) is 11.3. The first-order valence-corrected chi connectivity index (χ1v) is 5.75. The van der Waals surface area contributed by atoms with Crippen molar-refractivity contribution in [3.8, 4) is 0 Å². The van der Waals surface area contributed by atoms with Crippen LogP contribution in [0.4, 0.5) is 5.69 Å². The van der Waals surface area contributed by atoms with Gasteiger partial charge in [-0.05, 0) is 34.0 Å². The van der Waals surface area contributed by atoms with E-state index in [9.17, 15) is 4.79 Å². The molecule has 0 saturated heterocycles. The van der Waals surface area contributed by atoms with Gasteiger partial charge in [-0.15, -0.1) is 0 Å². The van der Waals surface area contributed by atoms with Crippen LogP contribution >= 0.6 is 0 Å². The fraction of sp³-hybridized carbons (Fsp3) is 0.500. The van der Waals surface area contributed by atoms with Crippen LogP contribution in [0, 0.1) is 0 Å². The Morgan fingerprint density at radius 1 is 1.50 bits per heavy atom. The van der Waals surface area contributed by atoms with Gasteiger partial charge in [-0.2, -0.15) is 0 Å². The summed E-state index contributed by atoms with van der Waals surface area (Å²) >= 11 is 0. The van der Waals surface area contributed by atoms with Gasteiger partial charge in [0.2, 0.25) is 0 Å². The minimum absolute atomic E-state index is 0.117. The molecular weight excluding hydrogens is 230 g/mol. The molecule has 0 unspecified atom stereocenters. The molecule has 1 heterocycles. The third-order valence-electron chi connectivity index (χ3n) is 3.11. The predicted octanol–water partition coefficient (Wildman–Crippen LogP) is 0.437. The number of likely N-dealkylation sites (N-methyl/N-ethyl adjacent to an activating group) is 1. The Balaban J connectivity index is 2.72. The van der Waals surface area contributed by atoms with Crippen molar-refractivity contribution in [2.45, 2.75) is 19.4 Å². The fourth-order valence-corrected chi connectivity index (χ4v) is 1.25. The van der Waals surface area contributed by atoms with Gasteiger partial charge in [0.1, 0.15) is 0 Å². The lowest BCUT2D eigenvalue weighted by molar-refractivity contribution is 0.0920. The summed E-state index contributed by atoms with van der Waals surface area (Å²) in [6.45, 7) is 4.65. The van der Waals surface area contributed by atoms with Crippen LogP contribution in [0.2, 0.25) is 0 Å². The maximum Gasteiger partial charge on any atom is 0.255 e. The average Bonchev–Trinajstić information content (AvgIpc) is 2.35. The van der Waals surface area contributed by atoms with E-state index in [2.05, 4.69) is 34.5 Å². The molecule has 0 radical (unpaired) electrons. The Labute approximate surface area is 108 Å². The van der Waals surface area contributed by atoms with Crippen LogP contribution in [-0.2, 0) is 0 Å². The Kier molecular flexibility index (Phi) is 4.63. The number of hydrogen-bond donors (Lipinski definition) is 3. The van der Waals surface area contributed by atoms with Gasteiger partial charge in [0.15, 0.2) is 0 Å². The topological polar surface area (TPSA) is 83.3 Å². The lowest BCUT2D eigenvalue weighted by Crippen LogP contribution is -2.48. The normalized spacial score (nSPS) is 11.4. The van der Waals surface area contributed by atoms with E-state index in [-0.39, 0.29) is 11.4 Å². The van der Waals surface area contributed by atoms with E-state index in [4.69, 9.17) is 5.84 Å². The van der Waals surface area contributed by atoms with Crippen molar-refractivity contribution in [1.29, 1.82) is 0 Å². The molecule has 1 aromatic rings. The fourth-order valence-electron chi connectivity index (χ4n) is 1.25. The zero-order chi connectivity index (χ0) is 13.8. The van der Waals surface area contributed by atoms with Crippen LogP contribution in [0.3, 0.4) is 0 Å². The van der Waals surface area contributed by atoms with Gasteiger partial charge in [0.05, 0.1) is 11.3 Å². The molecule has 4 N–H and O–H groups in total. The standard InChI is InChI=1S/C12H21N5O/c1-12(2,17(3)4)8-15-11(18)9-7-14-6-5-10(9)16-13/h5-7H,8,13H2,1-4H3,(H,14,16)(H,15,18). The quantitative estimate of drug-likeness (QED) is 0.522. The molecule has 0 bridgehead atoms. The minimum Gasteiger partial charge on any atom is -0.350 e. The number of nitrogen functional groups attached to an aromatic ring is 1. The average molecular weight is 251 g/mol. The van der Waals surface area contributed by atoms with E-state index in [1.165, 1.54) is 6.20 Å². The number of nitrogens with two attached hydrogens (primary N) is 1. The molecule has 0 atom stereocenters. The number of carbonyl (C=O) groups excluding carboxylic acids is 1. The highest BCUT2D eigenvalue weighted by Crippen LogP contribution is 2.13. The number of rotatable bonds is 5. The maximum atomic E-state index is 12.0. The summed E-state index contributed by atoms with van der Waals surface area (Å²) in [5.74, 6) is 5.16. The van der Waals surface area contributed by atoms with Crippen LogP contribution in [0.15, 0.2) is 18.5 Å². The van der Waals surface area contributed by atoms with Crippen molar-refractivity contribution in [1.82, 2.24) is 15.2 Å². The van der Waals surface area contributed by atoms with E-state index in [0.29, 0.717) is 17.8 Å². The highest BCUT2D eigenvalue weighted by Gasteiger charge is 2.22. The summed E-state index contributed by atoms with van der Waals surface area (Å²) < 4.78 is 0. The summed E-state index contributed by atoms with van der Waals surface area (Å²) in [6.07, 6.45) is 3.07. The van der Waals surface area contributed by atoms with Gasteiger partial charge in [0, 0.05) is 24.5 Å². The van der Waals surface area contributed by atoms with Gasteiger partial charge in [0.25, 0.3) is 5.91 Å². The number of nitrogens with zero attached hydrogens (tertiary/aromatic N) is 2. The van der Waals surface area contributed by atoms with Crippen LogP contribution in [-0.4, -0.2) is 42.0 Å². The summed E-state index contributed by atoms with van der Waals surface area (Å²) in [5.41, 5.74) is 3.37. The molecule has 6 heteroatoms. The second kappa shape index (κ2) is 5.79. The molecular formula is C12H21N5O. The smallest absolute Gasteiger partial charge is 0.255 e. The van der Waals surface area contributed by atoms with Crippen molar-refractivity contribution < 1.29 is 4.79 Å². The number of amides is 1. The van der Waals surface area contributed by atoms with Gasteiger partial charge in [-0.3, -0.25) is 15.6 Å². The lowest BCUT2D eigenvalue weighted by Gasteiger charge is -2.32. The predicted molar refractivity (Wildman–Crippen MR) is 72.1 cm³/mol. The third-order valence-corrected chi connectivity index (χ3v) is 3.11. The first-order chi connectivity index (χ1) is 8.38. The molecule has 18 heavy (non-hydrogen) atoms. The highest BCUT2D eigenvalue weighted by atomic mass is 16.1. The van der Waals surface area contributed by atoms with Crippen LogP contribution in [0.5, 0.6) is 0 Å². The summed E-state index contributed by atoms with van der Waals surface area (Å²) in [4.78, 5) is 18.0. The molecule has 0 aromatic carbocycles. The second-order valence-electron chi connectivity index (χ2n) is 4.96. The van der Waals surface area contributed by atoms with Crippen LogP contribution < -0.4 is 16.6 Å². The Morgan fingerprint density at radius 3 is 2.72 bits per heavy atom. The van der Waals surface area contributed by atoms with Crippen LogP contribution in [0.1, 0.15) is 24.2 Å². The third kappa shape index (κ3) is 3.41. The number of carbonyl (C=O) groups is 1. The van der Waals surface area contributed by atoms with E-state index < -0.39 is 0 Å².